The SMILES string of the molecule is Cc1ccc(NC(=O)COc2ccc(/C=C(/C#N)c3ccc([N+](=O)[O-])cc3)cc2Br)cc1. The molecule has 1 N–H and O–H groups in total. The van der Waals surface area contributed by atoms with Crippen LogP contribution < -0.4 is 10.1 Å². The lowest BCUT2D eigenvalue weighted by atomic mass is 10.0. The number of carbonyl (C=O) groups excluding carboxylic acids is 1. The molecule has 0 heterocycles. The molecule has 3 rings (SSSR count). The summed E-state index contributed by atoms with van der Waals surface area (Å²) >= 11 is 3.42. The predicted octanol–water partition coefficient (Wildman–Crippen LogP) is 5.75. The first-order chi connectivity index (χ1) is 15.4. The second kappa shape index (κ2) is 10.4. The van der Waals surface area contributed by atoms with Gasteiger partial charge in [0.25, 0.3) is 11.6 Å². The number of aryl methyl sites for hydroxylation is 1. The van der Waals surface area contributed by atoms with Crippen molar-refractivity contribution in [3.05, 3.63) is 98.0 Å². The number of allylic oxidation sites excluding steroid dienone is 1. The van der Waals surface area contributed by atoms with Crippen molar-refractivity contribution >= 4 is 44.9 Å². The van der Waals surface area contributed by atoms with E-state index in [4.69, 9.17) is 4.74 Å². The Morgan fingerprint density at radius 3 is 2.44 bits per heavy atom. The molecule has 8 heteroatoms. The molecule has 3 aromatic rings. The first-order valence-electron chi connectivity index (χ1n) is 9.51. The van der Waals surface area contributed by atoms with Gasteiger partial charge in [0.05, 0.1) is 21.0 Å². The molecule has 0 spiro atoms. The summed E-state index contributed by atoms with van der Waals surface area (Å²) in [6, 6.07) is 20.6. The van der Waals surface area contributed by atoms with Crippen LogP contribution in [-0.4, -0.2) is 17.4 Å². The number of non-ortho nitro benzene ring substituents is 1. The molecule has 7 nitrogen and oxygen atoms in total. The lowest BCUT2D eigenvalue weighted by Crippen LogP contribution is -2.20. The molecule has 160 valence electrons. The minimum absolute atomic E-state index is 0.0401. The number of nitro benzene ring substituents is 1. The normalized spacial score (nSPS) is 10.8. The quantitative estimate of drug-likeness (QED) is 0.196. The number of nitrogens with one attached hydrogen (secondary N) is 1. The van der Waals surface area contributed by atoms with E-state index in [9.17, 15) is 20.2 Å². The third-order valence-electron chi connectivity index (χ3n) is 4.47. The minimum Gasteiger partial charge on any atom is -0.483 e. The van der Waals surface area contributed by atoms with Gasteiger partial charge in [-0.1, -0.05) is 23.8 Å². The molecular weight excluding hydrogens is 474 g/mol. The van der Waals surface area contributed by atoms with E-state index >= 15 is 0 Å². The third-order valence-corrected chi connectivity index (χ3v) is 5.09. The molecule has 0 atom stereocenters. The van der Waals surface area contributed by atoms with Crippen molar-refractivity contribution in [2.75, 3.05) is 11.9 Å². The van der Waals surface area contributed by atoms with Crippen molar-refractivity contribution in [1.82, 2.24) is 0 Å². The molecule has 0 aliphatic rings. The Kier molecular flexibility index (Phi) is 7.37. The monoisotopic (exact) mass is 491 g/mol. The number of nitrogens with zero attached hydrogens (tertiary/aromatic N) is 2. The molecule has 0 bridgehead atoms. The van der Waals surface area contributed by atoms with Gasteiger partial charge in [0.2, 0.25) is 0 Å². The van der Waals surface area contributed by atoms with Crippen molar-refractivity contribution in [3.63, 3.8) is 0 Å². The van der Waals surface area contributed by atoms with Gasteiger partial charge in [-0.25, -0.2) is 0 Å². The van der Waals surface area contributed by atoms with Gasteiger partial charge in [-0.05, 0) is 76.5 Å². The predicted molar refractivity (Wildman–Crippen MR) is 126 cm³/mol. The van der Waals surface area contributed by atoms with Crippen LogP contribution in [-0.2, 0) is 4.79 Å². The third kappa shape index (κ3) is 6.03. The Hall–Kier alpha value is -3.96. The van der Waals surface area contributed by atoms with Crippen LogP contribution in [0.3, 0.4) is 0 Å². The maximum Gasteiger partial charge on any atom is 0.269 e. The first kappa shape index (κ1) is 22.7. The summed E-state index contributed by atoms with van der Waals surface area (Å²) in [4.78, 5) is 22.4. The van der Waals surface area contributed by atoms with E-state index in [1.54, 1.807) is 24.3 Å². The van der Waals surface area contributed by atoms with Gasteiger partial charge in [0.15, 0.2) is 6.61 Å². The first-order valence-corrected chi connectivity index (χ1v) is 10.3. The number of nitro groups is 1. The number of anilines is 1. The fourth-order valence-corrected chi connectivity index (χ4v) is 3.32. The topological polar surface area (TPSA) is 105 Å². The Bertz CT molecular complexity index is 1210. The number of benzene rings is 3. The van der Waals surface area contributed by atoms with Crippen molar-refractivity contribution in [2.24, 2.45) is 0 Å². The number of amides is 1. The number of carbonyl (C=O) groups is 1. The largest absolute Gasteiger partial charge is 0.483 e. The number of rotatable bonds is 7. The minimum atomic E-state index is -0.490. The maximum atomic E-state index is 12.1. The van der Waals surface area contributed by atoms with Gasteiger partial charge in [0.1, 0.15) is 5.75 Å². The van der Waals surface area contributed by atoms with E-state index in [1.165, 1.54) is 24.3 Å². The van der Waals surface area contributed by atoms with Gasteiger partial charge < -0.3 is 10.1 Å². The molecule has 0 saturated heterocycles. The van der Waals surface area contributed by atoms with Crippen LogP contribution in [0.5, 0.6) is 5.75 Å². The standard InChI is InChI=1S/C24H18BrN3O4/c1-16-2-7-20(8-3-16)27-24(29)15-32-23-11-4-17(13-22(23)25)12-19(14-26)18-5-9-21(10-6-18)28(30)31/h2-13H,15H2,1H3,(H,27,29)/b19-12-. The van der Waals surface area contributed by atoms with Crippen LogP contribution in [0.25, 0.3) is 11.6 Å². The highest BCUT2D eigenvalue weighted by Crippen LogP contribution is 2.28. The summed E-state index contributed by atoms with van der Waals surface area (Å²) in [6.45, 7) is 1.81. The average Bonchev–Trinajstić information content (AvgIpc) is 2.78. The van der Waals surface area contributed by atoms with Crippen LogP contribution in [0.15, 0.2) is 71.2 Å². The van der Waals surface area contributed by atoms with Crippen LogP contribution >= 0.6 is 15.9 Å². The highest BCUT2D eigenvalue weighted by molar-refractivity contribution is 9.10. The fourth-order valence-electron chi connectivity index (χ4n) is 2.81. The summed E-state index contributed by atoms with van der Waals surface area (Å²) in [5.74, 6) is 0.199. The van der Waals surface area contributed by atoms with Crippen LogP contribution in [0.1, 0.15) is 16.7 Å². The van der Waals surface area contributed by atoms with E-state index in [2.05, 4.69) is 27.3 Å². The van der Waals surface area contributed by atoms with Crippen LogP contribution in [0.4, 0.5) is 11.4 Å². The summed E-state index contributed by atoms with van der Waals surface area (Å²) in [7, 11) is 0. The lowest BCUT2D eigenvalue weighted by Gasteiger charge is -2.10. The zero-order valence-electron chi connectivity index (χ0n) is 17.0. The molecule has 0 aliphatic carbocycles. The smallest absolute Gasteiger partial charge is 0.269 e. The second-order valence-corrected chi connectivity index (χ2v) is 7.72. The van der Waals surface area contributed by atoms with Crippen molar-refractivity contribution in [1.29, 1.82) is 5.26 Å². The van der Waals surface area contributed by atoms with Gasteiger partial charge in [-0.3, -0.25) is 14.9 Å². The molecule has 0 unspecified atom stereocenters. The molecule has 3 aromatic carbocycles. The molecule has 0 radical (unpaired) electrons. The molecule has 0 aromatic heterocycles. The summed E-state index contributed by atoms with van der Waals surface area (Å²) in [6.07, 6.45) is 1.67. The highest BCUT2D eigenvalue weighted by Gasteiger charge is 2.09. The Balaban J connectivity index is 1.67. The van der Waals surface area contributed by atoms with E-state index in [1.807, 2.05) is 31.2 Å². The van der Waals surface area contributed by atoms with E-state index < -0.39 is 4.92 Å². The summed E-state index contributed by atoms with van der Waals surface area (Å²) in [5, 5.41) is 23.1. The maximum absolute atomic E-state index is 12.1. The Morgan fingerprint density at radius 2 is 1.84 bits per heavy atom. The molecule has 0 aliphatic heterocycles. The second-order valence-electron chi connectivity index (χ2n) is 6.87. The van der Waals surface area contributed by atoms with Crippen LogP contribution in [0, 0.1) is 28.4 Å². The zero-order chi connectivity index (χ0) is 23.1. The molecule has 0 fully saturated rings. The van der Waals surface area contributed by atoms with Gasteiger partial charge >= 0.3 is 0 Å². The average molecular weight is 492 g/mol. The summed E-state index contributed by atoms with van der Waals surface area (Å²) < 4.78 is 6.21. The Morgan fingerprint density at radius 1 is 1.16 bits per heavy atom. The number of nitriles is 1. The fraction of sp³-hybridized carbons (Fsp3) is 0.0833. The van der Waals surface area contributed by atoms with Crippen molar-refractivity contribution in [3.8, 4) is 11.8 Å². The van der Waals surface area contributed by atoms with Crippen molar-refractivity contribution < 1.29 is 14.5 Å². The van der Waals surface area contributed by atoms with E-state index in [-0.39, 0.29) is 18.2 Å². The van der Waals surface area contributed by atoms with Crippen molar-refractivity contribution in [2.45, 2.75) is 6.92 Å². The molecule has 1 amide bonds. The zero-order valence-corrected chi connectivity index (χ0v) is 18.6. The van der Waals surface area contributed by atoms with E-state index in [0.717, 1.165) is 11.1 Å². The number of ether oxygens (including phenoxy) is 1. The molecule has 32 heavy (non-hydrogen) atoms. The number of halogens is 1. The van der Waals surface area contributed by atoms with Gasteiger partial charge in [-0.2, -0.15) is 5.26 Å². The summed E-state index contributed by atoms with van der Waals surface area (Å²) in [5.41, 5.74) is 3.41. The molecular formula is C24H18BrN3O4. The van der Waals surface area contributed by atoms with E-state index in [0.29, 0.717) is 27.0 Å². The molecule has 0 saturated carbocycles. The highest BCUT2D eigenvalue weighted by atomic mass is 79.9. The van der Waals surface area contributed by atoms with Crippen LogP contribution in [0.2, 0.25) is 0 Å². The van der Waals surface area contributed by atoms with Gasteiger partial charge in [-0.15, -0.1) is 0 Å². The van der Waals surface area contributed by atoms with Gasteiger partial charge in [0, 0.05) is 17.8 Å². The Labute approximate surface area is 193 Å². The number of hydrogen-bond donors (Lipinski definition) is 1. The lowest BCUT2D eigenvalue weighted by molar-refractivity contribution is -0.384. The number of hydrogen-bond acceptors (Lipinski definition) is 5.